The molecule has 0 radical (unpaired) electrons. The van der Waals surface area contributed by atoms with Crippen molar-refractivity contribution < 1.29 is 14.3 Å². The van der Waals surface area contributed by atoms with Gasteiger partial charge in [-0.3, -0.25) is 9.69 Å². The van der Waals surface area contributed by atoms with E-state index >= 15 is 0 Å². The van der Waals surface area contributed by atoms with E-state index in [0.29, 0.717) is 13.0 Å². The van der Waals surface area contributed by atoms with Gasteiger partial charge in [-0.1, -0.05) is 51.1 Å². The number of nitrogens with zero attached hydrogens (tertiary/aromatic N) is 2. The Bertz CT molecular complexity index is 1110. The Morgan fingerprint density at radius 2 is 1.80 bits per heavy atom. The molecule has 2 heterocycles. The molecule has 1 aliphatic heterocycles. The molecule has 1 unspecified atom stereocenters. The number of amides is 1. The number of para-hydroxylation sites is 1. The molecule has 2 aromatic carbocycles. The number of nitrogens with one attached hydrogen (secondary N) is 1. The molecule has 0 saturated carbocycles. The number of fused-ring (bicyclic) bond motifs is 1. The third kappa shape index (κ3) is 6.44. The number of hydrogen-bond donors (Lipinski definition) is 1. The standard InChI is InChI=1S/C29H39N3O3/c1-29(2,3)26(19-28(33)30-13-14-31-15-17-35-18-16-31)25-21-32(27-8-6-5-7-24(25)27)20-22-9-11-23(34-4)12-10-22/h5-12,21,26H,13-20H2,1-4H3,(H,30,33). The minimum Gasteiger partial charge on any atom is -0.497 e. The van der Waals surface area contributed by atoms with Crippen LogP contribution in [0.3, 0.4) is 0 Å². The molecular weight excluding hydrogens is 438 g/mol. The van der Waals surface area contributed by atoms with Gasteiger partial charge in [0.05, 0.1) is 20.3 Å². The maximum Gasteiger partial charge on any atom is 0.220 e. The minimum absolute atomic E-state index is 0.0589. The number of hydrogen-bond acceptors (Lipinski definition) is 4. The predicted molar refractivity (Wildman–Crippen MR) is 141 cm³/mol. The molecule has 1 N–H and O–H groups in total. The average Bonchev–Trinajstić information content (AvgIpc) is 3.21. The lowest BCUT2D eigenvalue weighted by atomic mass is 9.74. The van der Waals surface area contributed by atoms with Crippen LogP contribution in [0.2, 0.25) is 0 Å². The van der Waals surface area contributed by atoms with Crippen LogP contribution in [0.5, 0.6) is 5.75 Å². The Labute approximate surface area is 209 Å². The first-order chi connectivity index (χ1) is 16.8. The normalized spacial score (nSPS) is 15.8. The quantitative estimate of drug-likeness (QED) is 0.487. The van der Waals surface area contributed by atoms with Crippen LogP contribution in [0.25, 0.3) is 10.9 Å². The summed E-state index contributed by atoms with van der Waals surface area (Å²) in [5.41, 5.74) is 3.59. The van der Waals surface area contributed by atoms with E-state index in [4.69, 9.17) is 9.47 Å². The summed E-state index contributed by atoms with van der Waals surface area (Å²) in [5, 5.41) is 4.39. The number of rotatable bonds is 9. The van der Waals surface area contributed by atoms with E-state index in [1.165, 1.54) is 22.0 Å². The second kappa shape index (κ2) is 11.3. The summed E-state index contributed by atoms with van der Waals surface area (Å²) in [6.07, 6.45) is 2.73. The molecule has 1 amide bonds. The van der Waals surface area contributed by atoms with E-state index in [-0.39, 0.29) is 17.2 Å². The molecule has 1 aromatic heterocycles. The molecule has 35 heavy (non-hydrogen) atoms. The lowest BCUT2D eigenvalue weighted by Crippen LogP contribution is -2.41. The average molecular weight is 478 g/mol. The summed E-state index contributed by atoms with van der Waals surface area (Å²) in [6.45, 7) is 12.4. The van der Waals surface area contributed by atoms with Crippen molar-refractivity contribution in [2.75, 3.05) is 46.5 Å². The lowest BCUT2D eigenvalue weighted by Gasteiger charge is -2.31. The van der Waals surface area contributed by atoms with Gasteiger partial charge >= 0.3 is 0 Å². The van der Waals surface area contributed by atoms with E-state index in [0.717, 1.165) is 45.1 Å². The largest absolute Gasteiger partial charge is 0.497 e. The van der Waals surface area contributed by atoms with Crippen molar-refractivity contribution in [3.8, 4) is 5.75 Å². The fourth-order valence-corrected chi connectivity index (χ4v) is 4.93. The highest BCUT2D eigenvalue weighted by molar-refractivity contribution is 5.86. The highest BCUT2D eigenvalue weighted by atomic mass is 16.5. The van der Waals surface area contributed by atoms with E-state index in [9.17, 15) is 4.79 Å². The van der Waals surface area contributed by atoms with E-state index in [2.05, 4.69) is 78.2 Å². The first kappa shape index (κ1) is 25.3. The third-order valence-corrected chi connectivity index (χ3v) is 7.00. The van der Waals surface area contributed by atoms with E-state index in [1.54, 1.807) is 7.11 Å². The van der Waals surface area contributed by atoms with Gasteiger partial charge in [-0.25, -0.2) is 0 Å². The molecule has 3 aromatic rings. The molecule has 1 fully saturated rings. The van der Waals surface area contributed by atoms with Gasteiger partial charge in [-0.2, -0.15) is 0 Å². The molecule has 1 saturated heterocycles. The summed E-state index contributed by atoms with van der Waals surface area (Å²) in [4.78, 5) is 15.4. The highest BCUT2D eigenvalue weighted by Gasteiger charge is 2.31. The Balaban J connectivity index is 1.52. The molecule has 0 aliphatic carbocycles. The smallest absolute Gasteiger partial charge is 0.220 e. The fourth-order valence-electron chi connectivity index (χ4n) is 4.93. The Morgan fingerprint density at radius 3 is 2.49 bits per heavy atom. The number of methoxy groups -OCH3 is 1. The Kier molecular flexibility index (Phi) is 8.14. The van der Waals surface area contributed by atoms with Gasteiger partial charge in [0.25, 0.3) is 0 Å². The van der Waals surface area contributed by atoms with Gasteiger partial charge in [0, 0.05) is 56.2 Å². The number of ether oxygens (including phenoxy) is 2. The SMILES string of the molecule is COc1ccc(Cn2cc(C(CC(=O)NCCN3CCOCC3)C(C)(C)C)c3ccccc32)cc1. The van der Waals surface area contributed by atoms with Crippen LogP contribution in [0, 0.1) is 5.41 Å². The summed E-state index contributed by atoms with van der Waals surface area (Å²) >= 11 is 0. The highest BCUT2D eigenvalue weighted by Crippen LogP contribution is 2.41. The summed E-state index contributed by atoms with van der Waals surface area (Å²) in [5.74, 6) is 1.08. The maximum atomic E-state index is 13.0. The second-order valence-electron chi connectivity index (χ2n) is 10.5. The molecular formula is C29H39N3O3. The number of aromatic nitrogens is 1. The van der Waals surface area contributed by atoms with Crippen LogP contribution in [-0.2, 0) is 16.1 Å². The molecule has 0 bridgehead atoms. The molecule has 6 nitrogen and oxygen atoms in total. The zero-order chi connectivity index (χ0) is 24.8. The summed E-state index contributed by atoms with van der Waals surface area (Å²) in [7, 11) is 1.69. The first-order valence-corrected chi connectivity index (χ1v) is 12.6. The van der Waals surface area contributed by atoms with E-state index in [1.807, 2.05) is 12.1 Å². The topological polar surface area (TPSA) is 55.7 Å². The van der Waals surface area contributed by atoms with Gasteiger partial charge in [-0.15, -0.1) is 0 Å². The third-order valence-electron chi connectivity index (χ3n) is 7.00. The summed E-state index contributed by atoms with van der Waals surface area (Å²) < 4.78 is 13.0. The van der Waals surface area contributed by atoms with Gasteiger partial charge in [-0.05, 0) is 40.7 Å². The van der Waals surface area contributed by atoms with Crippen LogP contribution in [-0.4, -0.2) is 61.9 Å². The fraction of sp³-hybridized carbons (Fsp3) is 0.483. The molecule has 188 valence electrons. The number of carbonyl (C=O) groups excluding carboxylic acids is 1. The van der Waals surface area contributed by atoms with Crippen molar-refractivity contribution in [3.63, 3.8) is 0 Å². The number of benzene rings is 2. The van der Waals surface area contributed by atoms with Crippen molar-refractivity contribution in [3.05, 3.63) is 65.9 Å². The summed E-state index contributed by atoms with van der Waals surface area (Å²) in [6, 6.07) is 16.7. The van der Waals surface area contributed by atoms with Gasteiger partial charge in [0.1, 0.15) is 5.75 Å². The monoisotopic (exact) mass is 477 g/mol. The van der Waals surface area contributed by atoms with Gasteiger partial charge < -0.3 is 19.4 Å². The molecule has 1 aliphatic rings. The molecule has 0 spiro atoms. The molecule has 6 heteroatoms. The Hall–Kier alpha value is -2.83. The molecule has 4 rings (SSSR count). The van der Waals surface area contributed by atoms with Crippen molar-refractivity contribution in [2.45, 2.75) is 39.7 Å². The van der Waals surface area contributed by atoms with Crippen LogP contribution in [0.1, 0.15) is 44.2 Å². The predicted octanol–water partition coefficient (Wildman–Crippen LogP) is 4.67. The van der Waals surface area contributed by atoms with Crippen LogP contribution < -0.4 is 10.1 Å². The van der Waals surface area contributed by atoms with Crippen LogP contribution in [0.4, 0.5) is 0 Å². The number of carbonyl (C=O) groups is 1. The zero-order valence-electron chi connectivity index (χ0n) is 21.5. The van der Waals surface area contributed by atoms with Crippen LogP contribution >= 0.6 is 0 Å². The number of morpholine rings is 1. The first-order valence-electron chi connectivity index (χ1n) is 12.6. The van der Waals surface area contributed by atoms with Gasteiger partial charge in [0.15, 0.2) is 0 Å². The van der Waals surface area contributed by atoms with Gasteiger partial charge in [0.2, 0.25) is 5.91 Å². The minimum atomic E-state index is -0.0589. The van der Waals surface area contributed by atoms with E-state index < -0.39 is 0 Å². The Morgan fingerprint density at radius 1 is 1.09 bits per heavy atom. The maximum absolute atomic E-state index is 13.0. The van der Waals surface area contributed by atoms with Crippen molar-refractivity contribution in [1.29, 1.82) is 0 Å². The van der Waals surface area contributed by atoms with Crippen LogP contribution in [0.15, 0.2) is 54.7 Å². The van der Waals surface area contributed by atoms with Crippen molar-refractivity contribution in [1.82, 2.24) is 14.8 Å². The van der Waals surface area contributed by atoms with Crippen molar-refractivity contribution >= 4 is 16.8 Å². The van der Waals surface area contributed by atoms with Crippen molar-refractivity contribution in [2.24, 2.45) is 5.41 Å². The second-order valence-corrected chi connectivity index (χ2v) is 10.5. The zero-order valence-corrected chi connectivity index (χ0v) is 21.5. The lowest BCUT2D eigenvalue weighted by molar-refractivity contribution is -0.122. The molecule has 1 atom stereocenters.